The summed E-state index contributed by atoms with van der Waals surface area (Å²) < 4.78 is 25.1. The standard InChI is InChI=1S/C22H19FO2/c1-3-19-21(23)14-13-20(22(19)24-2)17-9-11-18(12-10-17)25-15-16-7-5-4-6-8-16/h3-14H,1,15H2,2H3. The van der Waals surface area contributed by atoms with Gasteiger partial charge < -0.3 is 9.47 Å². The summed E-state index contributed by atoms with van der Waals surface area (Å²) in [6.45, 7) is 4.18. The highest BCUT2D eigenvalue weighted by atomic mass is 19.1. The third-order valence-corrected chi connectivity index (χ3v) is 3.96. The second-order valence-electron chi connectivity index (χ2n) is 5.54. The predicted octanol–water partition coefficient (Wildman–Crippen LogP) is 5.72. The molecule has 25 heavy (non-hydrogen) atoms. The van der Waals surface area contributed by atoms with Crippen molar-refractivity contribution in [1.82, 2.24) is 0 Å². The van der Waals surface area contributed by atoms with Crippen molar-refractivity contribution in [3.05, 3.63) is 90.3 Å². The van der Waals surface area contributed by atoms with Crippen LogP contribution in [0.25, 0.3) is 17.2 Å². The molecule has 0 fully saturated rings. The highest BCUT2D eigenvalue weighted by Gasteiger charge is 2.13. The maximum Gasteiger partial charge on any atom is 0.136 e. The normalized spacial score (nSPS) is 10.3. The first-order chi connectivity index (χ1) is 12.2. The summed E-state index contributed by atoms with van der Waals surface area (Å²) in [6, 6.07) is 20.8. The van der Waals surface area contributed by atoms with Crippen LogP contribution >= 0.6 is 0 Å². The molecule has 3 heteroatoms. The Kier molecular flexibility index (Phi) is 5.14. The third-order valence-electron chi connectivity index (χ3n) is 3.96. The fourth-order valence-corrected chi connectivity index (χ4v) is 2.68. The number of rotatable bonds is 6. The molecule has 0 atom stereocenters. The largest absolute Gasteiger partial charge is 0.495 e. The molecule has 0 aromatic heterocycles. The van der Waals surface area contributed by atoms with Gasteiger partial charge in [-0.15, -0.1) is 0 Å². The molecule has 126 valence electrons. The van der Waals surface area contributed by atoms with E-state index in [1.807, 2.05) is 54.6 Å². The number of hydrogen-bond donors (Lipinski definition) is 0. The van der Waals surface area contributed by atoms with Crippen molar-refractivity contribution < 1.29 is 13.9 Å². The third kappa shape index (κ3) is 3.72. The molecule has 0 aliphatic rings. The molecule has 2 nitrogen and oxygen atoms in total. The van der Waals surface area contributed by atoms with Crippen LogP contribution in [0.5, 0.6) is 11.5 Å². The Morgan fingerprint density at radius 2 is 1.68 bits per heavy atom. The first-order valence-electron chi connectivity index (χ1n) is 7.99. The van der Waals surface area contributed by atoms with Gasteiger partial charge in [0.1, 0.15) is 23.9 Å². The molecule has 3 aromatic rings. The van der Waals surface area contributed by atoms with Crippen LogP contribution in [0.2, 0.25) is 0 Å². The van der Waals surface area contributed by atoms with E-state index in [0.717, 1.165) is 22.4 Å². The SMILES string of the molecule is C=Cc1c(F)ccc(-c2ccc(OCc3ccccc3)cc2)c1OC. The molecule has 3 rings (SSSR count). The van der Waals surface area contributed by atoms with E-state index in [-0.39, 0.29) is 5.82 Å². The van der Waals surface area contributed by atoms with E-state index in [9.17, 15) is 4.39 Å². The summed E-state index contributed by atoms with van der Waals surface area (Å²) >= 11 is 0. The summed E-state index contributed by atoms with van der Waals surface area (Å²) in [4.78, 5) is 0. The van der Waals surface area contributed by atoms with Crippen molar-refractivity contribution in [1.29, 1.82) is 0 Å². The van der Waals surface area contributed by atoms with Crippen molar-refractivity contribution in [2.75, 3.05) is 7.11 Å². The summed E-state index contributed by atoms with van der Waals surface area (Å²) in [5, 5.41) is 0. The molecule has 0 N–H and O–H groups in total. The van der Waals surface area contributed by atoms with Crippen LogP contribution in [0, 0.1) is 5.82 Å². The highest BCUT2D eigenvalue weighted by molar-refractivity contribution is 5.76. The predicted molar refractivity (Wildman–Crippen MR) is 99.3 cm³/mol. The van der Waals surface area contributed by atoms with Crippen LogP contribution < -0.4 is 9.47 Å². The number of methoxy groups -OCH3 is 1. The van der Waals surface area contributed by atoms with Crippen molar-refractivity contribution in [3.8, 4) is 22.6 Å². The average molecular weight is 334 g/mol. The molecule has 0 amide bonds. The Morgan fingerprint density at radius 3 is 2.32 bits per heavy atom. The minimum atomic E-state index is -0.349. The molecule has 0 spiro atoms. The first-order valence-corrected chi connectivity index (χ1v) is 7.99. The van der Waals surface area contributed by atoms with Crippen LogP contribution in [0.3, 0.4) is 0 Å². The lowest BCUT2D eigenvalue weighted by Gasteiger charge is -2.13. The van der Waals surface area contributed by atoms with E-state index < -0.39 is 0 Å². The molecular formula is C22H19FO2. The van der Waals surface area contributed by atoms with Crippen LogP contribution in [-0.2, 0) is 6.61 Å². The monoisotopic (exact) mass is 334 g/mol. The molecule has 0 unspecified atom stereocenters. The maximum atomic E-state index is 13.9. The van der Waals surface area contributed by atoms with E-state index in [1.54, 1.807) is 6.07 Å². The Bertz CT molecular complexity index is 855. The quantitative estimate of drug-likeness (QED) is 0.574. The average Bonchev–Trinajstić information content (AvgIpc) is 2.67. The lowest BCUT2D eigenvalue weighted by molar-refractivity contribution is 0.306. The van der Waals surface area contributed by atoms with E-state index in [1.165, 1.54) is 19.3 Å². The molecular weight excluding hydrogens is 315 g/mol. The van der Waals surface area contributed by atoms with Gasteiger partial charge in [-0.3, -0.25) is 0 Å². The van der Waals surface area contributed by atoms with Crippen LogP contribution in [0.4, 0.5) is 4.39 Å². The van der Waals surface area contributed by atoms with E-state index in [0.29, 0.717) is 17.9 Å². The Hall–Kier alpha value is -3.07. The van der Waals surface area contributed by atoms with Gasteiger partial charge in [-0.05, 0) is 35.4 Å². The molecule has 3 aromatic carbocycles. The van der Waals surface area contributed by atoms with Crippen LogP contribution in [0.1, 0.15) is 11.1 Å². The lowest BCUT2D eigenvalue weighted by Crippen LogP contribution is -1.96. The molecule has 0 radical (unpaired) electrons. The summed E-state index contributed by atoms with van der Waals surface area (Å²) in [7, 11) is 1.53. The zero-order valence-electron chi connectivity index (χ0n) is 14.0. The number of ether oxygens (including phenoxy) is 2. The number of benzene rings is 3. The maximum absolute atomic E-state index is 13.9. The Morgan fingerprint density at radius 1 is 0.960 bits per heavy atom. The van der Waals surface area contributed by atoms with E-state index >= 15 is 0 Å². The second kappa shape index (κ2) is 7.67. The van der Waals surface area contributed by atoms with Gasteiger partial charge in [-0.25, -0.2) is 4.39 Å². The van der Waals surface area contributed by atoms with Crippen molar-refractivity contribution >= 4 is 6.08 Å². The number of hydrogen-bond acceptors (Lipinski definition) is 2. The molecule has 0 saturated heterocycles. The fraction of sp³-hybridized carbons (Fsp3) is 0.0909. The van der Waals surface area contributed by atoms with Gasteiger partial charge in [-0.2, -0.15) is 0 Å². The summed E-state index contributed by atoms with van der Waals surface area (Å²) in [6.07, 6.45) is 1.47. The Labute approximate surface area is 147 Å². The zero-order chi connectivity index (χ0) is 17.6. The topological polar surface area (TPSA) is 18.5 Å². The molecule has 0 bridgehead atoms. The molecule has 0 aliphatic carbocycles. The van der Waals surface area contributed by atoms with Gasteiger partial charge in [0, 0.05) is 5.56 Å². The molecule has 0 saturated carbocycles. The zero-order valence-corrected chi connectivity index (χ0v) is 14.0. The van der Waals surface area contributed by atoms with Gasteiger partial charge in [0.05, 0.1) is 12.7 Å². The van der Waals surface area contributed by atoms with Gasteiger partial charge in [0.2, 0.25) is 0 Å². The lowest BCUT2D eigenvalue weighted by atomic mass is 10.0. The van der Waals surface area contributed by atoms with E-state index in [4.69, 9.17) is 9.47 Å². The van der Waals surface area contributed by atoms with Gasteiger partial charge in [0.15, 0.2) is 0 Å². The summed E-state index contributed by atoms with van der Waals surface area (Å²) in [5.41, 5.74) is 3.22. The van der Waals surface area contributed by atoms with Gasteiger partial charge >= 0.3 is 0 Å². The second-order valence-corrected chi connectivity index (χ2v) is 5.54. The Balaban J connectivity index is 1.82. The van der Waals surface area contributed by atoms with Crippen LogP contribution in [-0.4, -0.2) is 7.11 Å². The van der Waals surface area contributed by atoms with Crippen molar-refractivity contribution in [2.45, 2.75) is 6.61 Å². The van der Waals surface area contributed by atoms with Crippen LogP contribution in [0.15, 0.2) is 73.3 Å². The summed E-state index contributed by atoms with van der Waals surface area (Å²) in [5.74, 6) is 0.906. The molecule has 0 aliphatic heterocycles. The first kappa shape index (κ1) is 16.8. The number of halogens is 1. The van der Waals surface area contributed by atoms with Gasteiger partial charge in [-0.1, -0.05) is 55.1 Å². The fourth-order valence-electron chi connectivity index (χ4n) is 2.68. The molecule has 0 heterocycles. The minimum Gasteiger partial charge on any atom is -0.495 e. The van der Waals surface area contributed by atoms with Crippen molar-refractivity contribution in [2.24, 2.45) is 0 Å². The smallest absolute Gasteiger partial charge is 0.136 e. The van der Waals surface area contributed by atoms with E-state index in [2.05, 4.69) is 6.58 Å². The highest BCUT2D eigenvalue weighted by Crippen LogP contribution is 2.36. The minimum absolute atomic E-state index is 0.349. The van der Waals surface area contributed by atoms with Crippen molar-refractivity contribution in [3.63, 3.8) is 0 Å². The van der Waals surface area contributed by atoms with Gasteiger partial charge in [0.25, 0.3) is 0 Å².